The molecule has 0 aromatic heterocycles. The molecule has 1 aliphatic heterocycles. The van der Waals surface area contributed by atoms with Crippen LogP contribution in [-0.4, -0.2) is 23.0 Å². The maximum Gasteiger partial charge on any atom is 0.257 e. The van der Waals surface area contributed by atoms with Crippen molar-refractivity contribution >= 4 is 69.4 Å². The number of carbonyl (C=O) groups excluding carboxylic acids is 1. The van der Waals surface area contributed by atoms with Crippen LogP contribution < -0.4 is 10.3 Å². The molecular weight excluding hydrogens is 404 g/mol. The SMILES string of the molecule is O=C(Nc1ccc(C2=NN(c3c(Cl)cccc3Cl)CC2)cc1)C(Cl)Cl. The maximum absolute atomic E-state index is 11.5. The molecule has 25 heavy (non-hydrogen) atoms. The average molecular weight is 417 g/mol. The Bertz CT molecular complexity index is 801. The fourth-order valence-corrected chi connectivity index (χ4v) is 3.20. The van der Waals surface area contributed by atoms with E-state index in [4.69, 9.17) is 46.4 Å². The number of hydrogen-bond donors (Lipinski definition) is 1. The lowest BCUT2D eigenvalue weighted by molar-refractivity contribution is -0.114. The summed E-state index contributed by atoms with van der Waals surface area (Å²) in [6.07, 6.45) is 0.763. The molecule has 0 saturated heterocycles. The molecule has 1 heterocycles. The number of hydrogen-bond acceptors (Lipinski definition) is 3. The molecule has 0 bridgehead atoms. The molecule has 8 heteroatoms. The van der Waals surface area contributed by atoms with Crippen molar-refractivity contribution in [2.24, 2.45) is 5.10 Å². The number of anilines is 2. The lowest BCUT2D eigenvalue weighted by atomic mass is 10.1. The van der Waals surface area contributed by atoms with Crippen LogP contribution in [0.2, 0.25) is 10.0 Å². The Balaban J connectivity index is 1.78. The first kappa shape index (κ1) is 18.3. The predicted octanol–water partition coefficient (Wildman–Crippen LogP) is 5.35. The van der Waals surface area contributed by atoms with Gasteiger partial charge in [0.25, 0.3) is 5.91 Å². The minimum Gasteiger partial charge on any atom is -0.324 e. The van der Waals surface area contributed by atoms with E-state index in [1.807, 2.05) is 12.1 Å². The Morgan fingerprint density at radius 2 is 1.72 bits per heavy atom. The number of nitrogens with one attached hydrogen (secondary N) is 1. The zero-order valence-electron chi connectivity index (χ0n) is 12.8. The molecule has 0 fully saturated rings. The van der Waals surface area contributed by atoms with Gasteiger partial charge in [0.2, 0.25) is 0 Å². The summed E-state index contributed by atoms with van der Waals surface area (Å²) in [5.74, 6) is -0.464. The van der Waals surface area contributed by atoms with Gasteiger partial charge in [-0.05, 0) is 29.8 Å². The quantitative estimate of drug-likeness (QED) is 0.682. The minimum absolute atomic E-state index is 0.464. The topological polar surface area (TPSA) is 44.7 Å². The van der Waals surface area contributed by atoms with Crippen LogP contribution in [0, 0.1) is 0 Å². The summed E-state index contributed by atoms with van der Waals surface area (Å²) in [6.45, 7) is 0.692. The normalized spacial score (nSPS) is 14.0. The summed E-state index contributed by atoms with van der Waals surface area (Å²) in [5, 5.41) is 10.2. The number of alkyl halides is 2. The van der Waals surface area contributed by atoms with Crippen molar-refractivity contribution in [2.45, 2.75) is 11.3 Å². The number of benzene rings is 2. The summed E-state index contributed by atoms with van der Waals surface area (Å²) in [7, 11) is 0. The van der Waals surface area contributed by atoms with Crippen LogP contribution in [0.4, 0.5) is 11.4 Å². The Kier molecular flexibility index (Phi) is 5.74. The third-order valence-electron chi connectivity index (χ3n) is 3.68. The molecule has 2 aromatic rings. The molecule has 0 unspecified atom stereocenters. The molecule has 0 aliphatic carbocycles. The van der Waals surface area contributed by atoms with E-state index in [-0.39, 0.29) is 0 Å². The minimum atomic E-state index is -1.10. The monoisotopic (exact) mass is 415 g/mol. The highest BCUT2D eigenvalue weighted by Gasteiger charge is 2.21. The van der Waals surface area contributed by atoms with Gasteiger partial charge in [-0.15, -0.1) is 0 Å². The van der Waals surface area contributed by atoms with Crippen molar-refractivity contribution in [3.05, 3.63) is 58.1 Å². The van der Waals surface area contributed by atoms with Gasteiger partial charge in [0.05, 0.1) is 21.4 Å². The third kappa shape index (κ3) is 4.21. The Labute approximate surface area is 165 Å². The van der Waals surface area contributed by atoms with Crippen molar-refractivity contribution in [3.63, 3.8) is 0 Å². The molecule has 3 rings (SSSR count). The maximum atomic E-state index is 11.5. The first-order valence-corrected chi connectivity index (χ1v) is 9.07. The summed E-state index contributed by atoms with van der Waals surface area (Å²) < 4.78 is 0. The van der Waals surface area contributed by atoms with E-state index in [9.17, 15) is 4.79 Å². The summed E-state index contributed by atoms with van der Waals surface area (Å²) >= 11 is 23.5. The second-order valence-electron chi connectivity index (χ2n) is 5.36. The van der Waals surface area contributed by atoms with Gasteiger partial charge < -0.3 is 5.32 Å². The fraction of sp³-hybridized carbons (Fsp3) is 0.176. The first-order chi connectivity index (χ1) is 12.0. The van der Waals surface area contributed by atoms with Gasteiger partial charge in [-0.1, -0.05) is 64.6 Å². The third-order valence-corrected chi connectivity index (χ3v) is 4.69. The molecule has 0 saturated carbocycles. The Hall–Kier alpha value is -1.46. The van der Waals surface area contributed by atoms with E-state index < -0.39 is 10.7 Å². The van der Waals surface area contributed by atoms with Crippen LogP contribution in [0.25, 0.3) is 0 Å². The zero-order valence-corrected chi connectivity index (χ0v) is 15.9. The van der Waals surface area contributed by atoms with Crippen LogP contribution in [0.15, 0.2) is 47.6 Å². The lowest BCUT2D eigenvalue weighted by Gasteiger charge is -2.16. The number of halogens is 4. The number of nitrogens with zero attached hydrogens (tertiary/aromatic N) is 2. The Morgan fingerprint density at radius 1 is 1.08 bits per heavy atom. The van der Waals surface area contributed by atoms with Crippen LogP contribution in [-0.2, 0) is 4.79 Å². The molecule has 1 aliphatic rings. The molecule has 130 valence electrons. The van der Waals surface area contributed by atoms with Crippen molar-refractivity contribution in [3.8, 4) is 0 Å². The molecule has 2 aromatic carbocycles. The van der Waals surface area contributed by atoms with Gasteiger partial charge in [0.15, 0.2) is 4.84 Å². The molecule has 0 atom stereocenters. The van der Waals surface area contributed by atoms with Crippen molar-refractivity contribution < 1.29 is 4.79 Å². The molecule has 0 radical (unpaired) electrons. The van der Waals surface area contributed by atoms with Crippen molar-refractivity contribution in [1.29, 1.82) is 0 Å². The summed E-state index contributed by atoms with van der Waals surface area (Å²) in [6, 6.07) is 12.7. The van der Waals surface area contributed by atoms with E-state index in [0.29, 0.717) is 28.0 Å². The second-order valence-corrected chi connectivity index (χ2v) is 7.27. The van der Waals surface area contributed by atoms with Gasteiger partial charge in [-0.25, -0.2) is 0 Å². The van der Waals surface area contributed by atoms with Crippen LogP contribution in [0.3, 0.4) is 0 Å². The van der Waals surface area contributed by atoms with Gasteiger partial charge >= 0.3 is 0 Å². The van der Waals surface area contributed by atoms with Crippen molar-refractivity contribution in [1.82, 2.24) is 0 Å². The molecule has 1 N–H and O–H groups in total. The number of hydrazone groups is 1. The zero-order chi connectivity index (χ0) is 18.0. The van der Waals surface area contributed by atoms with Crippen LogP contribution in [0.5, 0.6) is 0 Å². The van der Waals surface area contributed by atoms with E-state index in [0.717, 1.165) is 17.7 Å². The number of carbonyl (C=O) groups is 1. The lowest BCUT2D eigenvalue weighted by Crippen LogP contribution is -2.18. The van der Waals surface area contributed by atoms with Crippen molar-refractivity contribution in [2.75, 3.05) is 16.9 Å². The second kappa shape index (κ2) is 7.83. The first-order valence-electron chi connectivity index (χ1n) is 7.44. The molecular formula is C17H13Cl4N3O. The average Bonchev–Trinajstić information content (AvgIpc) is 3.05. The molecule has 0 spiro atoms. The van der Waals surface area contributed by atoms with Gasteiger partial charge in [0, 0.05) is 18.7 Å². The predicted molar refractivity (Wildman–Crippen MR) is 106 cm³/mol. The van der Waals surface area contributed by atoms with Gasteiger partial charge in [0.1, 0.15) is 0 Å². The van der Waals surface area contributed by atoms with Crippen LogP contribution in [0.1, 0.15) is 12.0 Å². The van der Waals surface area contributed by atoms with Gasteiger partial charge in [-0.2, -0.15) is 5.10 Å². The highest BCUT2D eigenvalue weighted by atomic mass is 35.5. The van der Waals surface area contributed by atoms with Gasteiger partial charge in [-0.3, -0.25) is 9.80 Å². The molecule has 1 amide bonds. The van der Waals surface area contributed by atoms with E-state index in [1.165, 1.54) is 0 Å². The molecule has 4 nitrogen and oxygen atoms in total. The number of para-hydroxylation sites is 1. The summed E-state index contributed by atoms with van der Waals surface area (Å²) in [4.78, 5) is 10.4. The summed E-state index contributed by atoms with van der Waals surface area (Å²) in [5.41, 5.74) is 3.20. The van der Waals surface area contributed by atoms with Crippen LogP contribution >= 0.6 is 46.4 Å². The van der Waals surface area contributed by atoms with E-state index >= 15 is 0 Å². The smallest absolute Gasteiger partial charge is 0.257 e. The highest BCUT2D eigenvalue weighted by Crippen LogP contribution is 2.35. The highest BCUT2D eigenvalue weighted by molar-refractivity contribution is 6.54. The van der Waals surface area contributed by atoms with E-state index in [1.54, 1.807) is 35.3 Å². The number of amides is 1. The van der Waals surface area contributed by atoms with E-state index in [2.05, 4.69) is 10.4 Å². The fourth-order valence-electron chi connectivity index (χ4n) is 2.50. The standard InChI is InChI=1S/C17H13Cl4N3O/c18-12-2-1-3-13(19)15(12)24-9-8-14(23-24)10-4-6-11(7-5-10)22-17(25)16(20)21/h1-7,16H,8-9H2,(H,22,25). The number of rotatable bonds is 4. The Morgan fingerprint density at radius 3 is 2.32 bits per heavy atom. The largest absolute Gasteiger partial charge is 0.324 e.